The summed E-state index contributed by atoms with van der Waals surface area (Å²) >= 11 is 0. The molecule has 0 saturated carbocycles. The van der Waals surface area contributed by atoms with Crippen molar-refractivity contribution in [2.24, 2.45) is 4.99 Å². The Kier molecular flexibility index (Phi) is 8.91. The number of nitrogens with one attached hydrogen (secondary N) is 2. The molecule has 1 aromatic rings. The molecule has 2 aliphatic rings. The Labute approximate surface area is 169 Å². The van der Waals surface area contributed by atoms with Gasteiger partial charge in [-0.15, -0.1) is 0 Å². The summed E-state index contributed by atoms with van der Waals surface area (Å²) in [4.78, 5) is 6.81. The second kappa shape index (κ2) is 11.9. The Balaban J connectivity index is 1.27. The van der Waals surface area contributed by atoms with Crippen LogP contribution in [0.15, 0.2) is 35.3 Å². The molecule has 2 aliphatic heterocycles. The van der Waals surface area contributed by atoms with Gasteiger partial charge in [0.1, 0.15) is 0 Å². The molecule has 2 saturated heterocycles. The molecule has 1 unspecified atom stereocenters. The molecule has 1 atom stereocenters. The zero-order valence-electron chi connectivity index (χ0n) is 17.2. The number of likely N-dealkylation sites (tertiary alicyclic amines) is 1. The number of hydrogen-bond donors (Lipinski definition) is 2. The number of hydrogen-bond acceptors (Lipinski definition) is 4. The lowest BCUT2D eigenvalue weighted by atomic mass is 10.1. The molecule has 2 N–H and O–H groups in total. The molecular formula is C22H36N4O2. The van der Waals surface area contributed by atoms with Gasteiger partial charge >= 0.3 is 0 Å². The zero-order valence-corrected chi connectivity index (χ0v) is 17.2. The van der Waals surface area contributed by atoms with E-state index in [-0.39, 0.29) is 0 Å². The number of para-hydroxylation sites is 1. The van der Waals surface area contributed by atoms with Crippen molar-refractivity contribution in [3.63, 3.8) is 0 Å². The Morgan fingerprint density at radius 2 is 1.96 bits per heavy atom. The van der Waals surface area contributed by atoms with E-state index < -0.39 is 0 Å². The summed E-state index contributed by atoms with van der Waals surface area (Å²) in [5, 5.41) is 6.94. The highest BCUT2D eigenvalue weighted by atomic mass is 16.5. The van der Waals surface area contributed by atoms with E-state index in [2.05, 4.69) is 44.8 Å². The summed E-state index contributed by atoms with van der Waals surface area (Å²) in [7, 11) is 1.87. The van der Waals surface area contributed by atoms with Crippen molar-refractivity contribution in [2.45, 2.75) is 50.7 Å². The summed E-state index contributed by atoms with van der Waals surface area (Å²) in [6.45, 7) is 5.52. The van der Waals surface area contributed by atoms with Gasteiger partial charge in [0.05, 0.1) is 18.8 Å². The first kappa shape index (κ1) is 20.9. The van der Waals surface area contributed by atoms with Crippen molar-refractivity contribution in [2.75, 3.05) is 51.8 Å². The molecule has 0 bridgehead atoms. The van der Waals surface area contributed by atoms with Crippen LogP contribution >= 0.6 is 0 Å². The smallest absolute Gasteiger partial charge is 0.193 e. The highest BCUT2D eigenvalue weighted by molar-refractivity contribution is 5.79. The Bertz CT molecular complexity index is 567. The van der Waals surface area contributed by atoms with Crippen molar-refractivity contribution in [1.82, 2.24) is 10.2 Å². The van der Waals surface area contributed by atoms with Gasteiger partial charge in [-0.3, -0.25) is 4.99 Å². The standard InChI is InChI=1S/C22H36N4O2/c1-23-22(25-14-7-13-24-19-8-3-2-4-9-19)26-15-11-20(12-16-26)28-18-21-10-5-6-17-27-21/h2-4,8-9,20-21,24H,5-7,10-18H2,1H3,(H,23,25). The van der Waals surface area contributed by atoms with Crippen molar-refractivity contribution < 1.29 is 9.47 Å². The number of nitrogens with zero attached hydrogens (tertiary/aromatic N) is 2. The van der Waals surface area contributed by atoms with Gasteiger partial charge in [0.25, 0.3) is 0 Å². The third kappa shape index (κ3) is 6.99. The summed E-state index contributed by atoms with van der Waals surface area (Å²) in [5.41, 5.74) is 1.17. The van der Waals surface area contributed by atoms with Crippen LogP contribution in [0.5, 0.6) is 0 Å². The van der Waals surface area contributed by atoms with Crippen LogP contribution in [-0.2, 0) is 9.47 Å². The fourth-order valence-corrected chi connectivity index (χ4v) is 3.83. The van der Waals surface area contributed by atoms with E-state index in [1.165, 1.54) is 18.5 Å². The number of piperidine rings is 1. The van der Waals surface area contributed by atoms with Crippen molar-refractivity contribution >= 4 is 11.6 Å². The van der Waals surface area contributed by atoms with Gasteiger partial charge in [-0.1, -0.05) is 18.2 Å². The summed E-state index contributed by atoms with van der Waals surface area (Å²) < 4.78 is 11.9. The molecule has 0 aliphatic carbocycles. The molecule has 2 fully saturated rings. The van der Waals surface area contributed by atoms with Crippen LogP contribution < -0.4 is 10.6 Å². The van der Waals surface area contributed by atoms with Gasteiger partial charge < -0.3 is 25.0 Å². The van der Waals surface area contributed by atoms with Crippen LogP contribution in [0, 0.1) is 0 Å². The van der Waals surface area contributed by atoms with Crippen LogP contribution in [0.2, 0.25) is 0 Å². The van der Waals surface area contributed by atoms with E-state index in [1.54, 1.807) is 0 Å². The van der Waals surface area contributed by atoms with E-state index in [0.29, 0.717) is 12.2 Å². The van der Waals surface area contributed by atoms with Crippen LogP contribution in [0.1, 0.15) is 38.5 Å². The number of ether oxygens (including phenoxy) is 2. The van der Waals surface area contributed by atoms with Crippen LogP contribution in [0.25, 0.3) is 0 Å². The number of anilines is 1. The van der Waals surface area contributed by atoms with E-state index in [0.717, 1.165) is 71.0 Å². The lowest BCUT2D eigenvalue weighted by Crippen LogP contribution is -2.47. The normalized spacial score (nSPS) is 21.5. The van der Waals surface area contributed by atoms with Crippen LogP contribution in [0.4, 0.5) is 5.69 Å². The lowest BCUT2D eigenvalue weighted by molar-refractivity contribution is -0.0721. The average molecular weight is 389 g/mol. The van der Waals surface area contributed by atoms with Crippen molar-refractivity contribution in [1.29, 1.82) is 0 Å². The maximum atomic E-state index is 6.12. The van der Waals surface area contributed by atoms with Gasteiger partial charge in [0.2, 0.25) is 0 Å². The van der Waals surface area contributed by atoms with Crippen LogP contribution in [-0.4, -0.2) is 69.5 Å². The molecule has 3 rings (SSSR count). The predicted molar refractivity (Wildman–Crippen MR) is 115 cm³/mol. The van der Waals surface area contributed by atoms with E-state index >= 15 is 0 Å². The summed E-state index contributed by atoms with van der Waals surface area (Å²) in [6.07, 6.45) is 7.45. The van der Waals surface area contributed by atoms with Gasteiger partial charge in [0.15, 0.2) is 5.96 Å². The second-order valence-corrected chi connectivity index (χ2v) is 7.63. The maximum Gasteiger partial charge on any atom is 0.193 e. The molecule has 0 amide bonds. The van der Waals surface area contributed by atoms with Crippen LogP contribution in [0.3, 0.4) is 0 Å². The molecule has 0 spiro atoms. The van der Waals surface area contributed by atoms with Gasteiger partial charge in [-0.25, -0.2) is 0 Å². The molecule has 156 valence electrons. The van der Waals surface area contributed by atoms with Crippen molar-refractivity contribution in [3.8, 4) is 0 Å². The first-order valence-electron chi connectivity index (χ1n) is 10.8. The highest BCUT2D eigenvalue weighted by Gasteiger charge is 2.23. The minimum Gasteiger partial charge on any atom is -0.385 e. The van der Waals surface area contributed by atoms with Gasteiger partial charge in [-0.2, -0.15) is 0 Å². The maximum absolute atomic E-state index is 6.12. The quantitative estimate of drug-likeness (QED) is 0.407. The fraction of sp³-hybridized carbons (Fsp3) is 0.682. The fourth-order valence-electron chi connectivity index (χ4n) is 3.83. The minimum atomic E-state index is 0.311. The number of guanidine groups is 1. The number of benzene rings is 1. The Morgan fingerprint density at radius 1 is 1.14 bits per heavy atom. The first-order chi connectivity index (χ1) is 13.8. The SMILES string of the molecule is CN=C(NCCCNc1ccccc1)N1CCC(OCC2CCCCO2)CC1. The number of aliphatic imine (C=N–C) groups is 1. The lowest BCUT2D eigenvalue weighted by Gasteiger charge is -2.35. The zero-order chi connectivity index (χ0) is 19.4. The predicted octanol–water partition coefficient (Wildman–Crippen LogP) is 3.11. The third-order valence-electron chi connectivity index (χ3n) is 5.48. The average Bonchev–Trinajstić information content (AvgIpc) is 2.77. The largest absolute Gasteiger partial charge is 0.385 e. The summed E-state index contributed by atoms with van der Waals surface area (Å²) in [5.74, 6) is 1.01. The molecule has 6 nitrogen and oxygen atoms in total. The van der Waals surface area contributed by atoms with E-state index in [1.807, 2.05) is 13.1 Å². The summed E-state index contributed by atoms with van der Waals surface area (Å²) in [6, 6.07) is 10.3. The molecule has 6 heteroatoms. The first-order valence-corrected chi connectivity index (χ1v) is 10.8. The minimum absolute atomic E-state index is 0.311. The molecule has 0 aromatic heterocycles. The van der Waals surface area contributed by atoms with E-state index in [9.17, 15) is 0 Å². The second-order valence-electron chi connectivity index (χ2n) is 7.63. The molecule has 2 heterocycles. The topological polar surface area (TPSA) is 58.1 Å². The third-order valence-corrected chi connectivity index (χ3v) is 5.48. The molecule has 28 heavy (non-hydrogen) atoms. The molecule has 0 radical (unpaired) electrons. The van der Waals surface area contributed by atoms with Gasteiger partial charge in [0, 0.05) is 45.5 Å². The molecular weight excluding hydrogens is 352 g/mol. The molecule has 1 aromatic carbocycles. The van der Waals surface area contributed by atoms with E-state index in [4.69, 9.17) is 9.47 Å². The number of rotatable bonds is 8. The monoisotopic (exact) mass is 388 g/mol. The highest BCUT2D eigenvalue weighted by Crippen LogP contribution is 2.18. The van der Waals surface area contributed by atoms with Gasteiger partial charge in [-0.05, 0) is 50.7 Å². The Morgan fingerprint density at radius 3 is 2.68 bits per heavy atom. The Hall–Kier alpha value is -1.79. The van der Waals surface area contributed by atoms with Crippen molar-refractivity contribution in [3.05, 3.63) is 30.3 Å².